The van der Waals surface area contributed by atoms with Crippen molar-refractivity contribution < 1.29 is 56.2 Å². The molecule has 14 heavy (non-hydrogen) atoms. The summed E-state index contributed by atoms with van der Waals surface area (Å²) >= 11 is 0. The van der Waals surface area contributed by atoms with Gasteiger partial charge in [-0.3, -0.25) is 4.79 Å². The molecule has 0 aromatic carbocycles. The fourth-order valence-corrected chi connectivity index (χ4v) is 0.972. The summed E-state index contributed by atoms with van der Waals surface area (Å²) in [6.07, 6.45) is 1.33. The Kier molecular flexibility index (Phi) is 3.73. The number of nitrogens with zero attached hydrogens (tertiary/aromatic N) is 4. The number of fused-ring (bicyclic) bond motifs is 1. The van der Waals surface area contributed by atoms with E-state index in [4.69, 9.17) is 5.73 Å². The van der Waals surface area contributed by atoms with Crippen LogP contribution in [0.2, 0.25) is 0 Å². The number of carbonyl (C=O) groups excluding carboxylic acids is 1. The summed E-state index contributed by atoms with van der Waals surface area (Å²) in [6.45, 7) is 1.37. The summed E-state index contributed by atoms with van der Waals surface area (Å²) in [5.41, 5.74) is 6.33. The van der Waals surface area contributed by atoms with Gasteiger partial charge >= 0.3 is 51.4 Å². The first kappa shape index (κ1) is 11.7. The van der Waals surface area contributed by atoms with E-state index < -0.39 is 0 Å². The molecule has 0 aliphatic rings. The average Bonchev–Trinajstić information content (AvgIpc) is 2.51. The van der Waals surface area contributed by atoms with Crippen molar-refractivity contribution in [2.24, 2.45) is 0 Å². The molecule has 0 atom stereocenters. The van der Waals surface area contributed by atoms with Crippen molar-refractivity contribution in [1.29, 1.82) is 0 Å². The standard InChI is InChI=1S/C7H7N5O.K/c1-3(13)6-11-5(8)4-7(12-6)10-2-9-4;/h2H,1H3,(H3,8,9,10,11,12,13);/q;+1/p-1. The van der Waals surface area contributed by atoms with Gasteiger partial charge in [-0.2, -0.15) is 0 Å². The number of carbonyl (C=O) groups is 1. The third-order valence-corrected chi connectivity index (χ3v) is 1.57. The number of imidazole rings is 1. The van der Waals surface area contributed by atoms with Gasteiger partial charge < -0.3 is 20.7 Å². The van der Waals surface area contributed by atoms with Crippen molar-refractivity contribution in [3.05, 3.63) is 12.2 Å². The monoisotopic (exact) mass is 215 g/mol. The van der Waals surface area contributed by atoms with Gasteiger partial charge in [0.2, 0.25) is 0 Å². The molecule has 0 saturated heterocycles. The quantitative estimate of drug-likeness (QED) is 0.397. The Bertz CT molecular complexity index is 480. The van der Waals surface area contributed by atoms with Crippen LogP contribution in [0.5, 0.6) is 0 Å². The minimum Gasteiger partial charge on any atom is -0.383 e. The Morgan fingerprint density at radius 2 is 2.21 bits per heavy atom. The van der Waals surface area contributed by atoms with E-state index in [0.29, 0.717) is 11.2 Å². The van der Waals surface area contributed by atoms with Crippen LogP contribution in [0.1, 0.15) is 17.5 Å². The second-order valence-corrected chi connectivity index (χ2v) is 2.53. The maximum absolute atomic E-state index is 10.9. The Labute approximate surface area is 122 Å². The first-order valence-electron chi connectivity index (χ1n) is 3.60. The zero-order valence-corrected chi connectivity index (χ0v) is 11.0. The summed E-state index contributed by atoms with van der Waals surface area (Å²) in [5.74, 6) is 0.0230. The maximum Gasteiger partial charge on any atom is 1.00 e. The predicted molar refractivity (Wildman–Crippen MR) is 45.1 cm³/mol. The summed E-state index contributed by atoms with van der Waals surface area (Å²) in [6, 6.07) is 0. The van der Waals surface area contributed by atoms with Gasteiger partial charge in [-0.15, -0.1) is 0 Å². The molecule has 0 amide bonds. The van der Waals surface area contributed by atoms with E-state index in [1.165, 1.54) is 13.3 Å². The number of anilines is 1. The Balaban J connectivity index is 0.000000980. The fourth-order valence-electron chi connectivity index (χ4n) is 0.972. The second kappa shape index (κ2) is 4.45. The number of ketones is 1. The van der Waals surface area contributed by atoms with Crippen molar-refractivity contribution in [3.63, 3.8) is 0 Å². The van der Waals surface area contributed by atoms with Crippen LogP contribution in [-0.4, -0.2) is 20.7 Å². The minimum absolute atomic E-state index is 0. The van der Waals surface area contributed by atoms with Crippen LogP contribution in [0, 0.1) is 0 Å². The molecule has 6 nitrogen and oxygen atoms in total. The van der Waals surface area contributed by atoms with Crippen molar-refractivity contribution in [2.75, 3.05) is 5.73 Å². The number of aromatic nitrogens is 4. The number of hydrogen-bond acceptors (Lipinski definition) is 5. The number of rotatable bonds is 1. The molecule has 0 aliphatic carbocycles. The SMILES string of the molecule is CC(=O)c1nc(N)c2nc[n-]c2n1.[K+]. The Hall–Kier alpha value is -0.344. The molecule has 0 unspecified atom stereocenters. The first-order chi connectivity index (χ1) is 6.18. The second-order valence-electron chi connectivity index (χ2n) is 2.53. The molecule has 0 bridgehead atoms. The summed E-state index contributed by atoms with van der Waals surface area (Å²) < 4.78 is 0. The first-order valence-corrected chi connectivity index (χ1v) is 3.60. The zero-order valence-electron chi connectivity index (χ0n) is 7.85. The smallest absolute Gasteiger partial charge is 0.383 e. The molecule has 0 saturated carbocycles. The summed E-state index contributed by atoms with van der Waals surface area (Å²) in [7, 11) is 0. The summed E-state index contributed by atoms with van der Waals surface area (Å²) in [5, 5.41) is 0. The normalized spacial score (nSPS) is 9.79. The largest absolute Gasteiger partial charge is 1.00 e. The van der Waals surface area contributed by atoms with Crippen LogP contribution in [0.3, 0.4) is 0 Å². The Morgan fingerprint density at radius 3 is 2.86 bits per heavy atom. The van der Waals surface area contributed by atoms with E-state index in [-0.39, 0.29) is 68.8 Å². The molecule has 0 aliphatic heterocycles. The predicted octanol–water partition coefficient (Wildman–Crippen LogP) is -3.23. The third kappa shape index (κ3) is 2.01. The number of Topliss-reactive ketones (excluding diaryl/α,β-unsaturated/α-hetero) is 1. The molecule has 0 spiro atoms. The van der Waals surface area contributed by atoms with Gasteiger partial charge in [-0.05, 0) is 6.33 Å². The fraction of sp³-hybridized carbons (Fsp3) is 0.143. The van der Waals surface area contributed by atoms with Crippen molar-refractivity contribution >= 4 is 22.8 Å². The van der Waals surface area contributed by atoms with E-state index in [0.717, 1.165) is 0 Å². The van der Waals surface area contributed by atoms with Crippen LogP contribution in [0.15, 0.2) is 6.33 Å². The van der Waals surface area contributed by atoms with Gasteiger partial charge in [0, 0.05) is 18.1 Å². The van der Waals surface area contributed by atoms with Gasteiger partial charge in [-0.25, -0.2) is 4.98 Å². The van der Waals surface area contributed by atoms with Crippen LogP contribution in [-0.2, 0) is 0 Å². The van der Waals surface area contributed by atoms with Gasteiger partial charge in [0.25, 0.3) is 0 Å². The number of nitrogen functional groups attached to an aromatic ring is 1. The van der Waals surface area contributed by atoms with E-state index in [1.807, 2.05) is 0 Å². The van der Waals surface area contributed by atoms with Crippen molar-refractivity contribution in [2.45, 2.75) is 6.92 Å². The molecule has 0 radical (unpaired) electrons. The van der Waals surface area contributed by atoms with E-state index in [2.05, 4.69) is 19.9 Å². The Morgan fingerprint density at radius 1 is 1.50 bits per heavy atom. The summed E-state index contributed by atoms with van der Waals surface area (Å²) in [4.78, 5) is 26.3. The molecule has 66 valence electrons. The van der Waals surface area contributed by atoms with Crippen LogP contribution < -0.4 is 62.1 Å². The number of nitrogens with two attached hydrogens (primary N) is 1. The van der Waals surface area contributed by atoms with Crippen LogP contribution >= 0.6 is 0 Å². The molecule has 7 heteroatoms. The van der Waals surface area contributed by atoms with Gasteiger partial charge in [0.1, 0.15) is 11.6 Å². The molecule has 2 N–H and O–H groups in total. The zero-order chi connectivity index (χ0) is 9.42. The molecular formula is C7H6KN5O. The molecule has 2 rings (SSSR count). The van der Waals surface area contributed by atoms with E-state index in [9.17, 15) is 4.79 Å². The van der Waals surface area contributed by atoms with Crippen molar-refractivity contribution in [3.8, 4) is 0 Å². The average molecular weight is 215 g/mol. The number of hydrogen-bond donors (Lipinski definition) is 1. The molecular weight excluding hydrogens is 209 g/mol. The topological polar surface area (TPSA) is 95.9 Å². The van der Waals surface area contributed by atoms with Gasteiger partial charge in [0.05, 0.1) is 0 Å². The van der Waals surface area contributed by atoms with Gasteiger partial charge in [-0.1, -0.05) is 0 Å². The third-order valence-electron chi connectivity index (χ3n) is 1.57. The van der Waals surface area contributed by atoms with E-state index in [1.54, 1.807) is 0 Å². The maximum atomic E-state index is 10.9. The van der Waals surface area contributed by atoms with Crippen LogP contribution in [0.25, 0.3) is 11.2 Å². The van der Waals surface area contributed by atoms with Crippen molar-refractivity contribution in [1.82, 2.24) is 19.9 Å². The molecule has 2 aromatic heterocycles. The van der Waals surface area contributed by atoms with Crippen LogP contribution in [0.4, 0.5) is 5.82 Å². The minimum atomic E-state index is -0.239. The van der Waals surface area contributed by atoms with Gasteiger partial charge in [0.15, 0.2) is 5.78 Å². The molecule has 0 fully saturated rings. The molecule has 2 aromatic rings. The van der Waals surface area contributed by atoms with E-state index >= 15 is 0 Å². The molecule has 2 heterocycles.